The van der Waals surface area contributed by atoms with Crippen LogP contribution in [0, 0.1) is 12.8 Å². The molecular weight excluding hydrogens is 404 g/mol. The Balaban J connectivity index is 1.52. The SMILES string of the molecule is Cc1cc(S(=O)(=O)N2C[C@@H]3C[C@H](C2)c2ccc(-c4nccn4C)c(=O)n2C3)n(C)n1. The second-order valence-corrected chi connectivity index (χ2v) is 10.2. The maximum absolute atomic E-state index is 13.3. The number of fused-ring (bicyclic) bond motifs is 4. The summed E-state index contributed by atoms with van der Waals surface area (Å²) in [5, 5.41) is 4.40. The summed E-state index contributed by atoms with van der Waals surface area (Å²) >= 11 is 0. The highest BCUT2D eigenvalue weighted by molar-refractivity contribution is 7.89. The molecule has 158 valence electrons. The molecule has 0 aliphatic carbocycles. The minimum Gasteiger partial charge on any atom is -0.334 e. The zero-order valence-electron chi connectivity index (χ0n) is 17.2. The molecule has 0 aromatic carbocycles. The van der Waals surface area contributed by atoms with Gasteiger partial charge in [0.05, 0.1) is 11.3 Å². The van der Waals surface area contributed by atoms with Gasteiger partial charge in [-0.3, -0.25) is 9.48 Å². The lowest BCUT2D eigenvalue weighted by atomic mass is 9.84. The maximum atomic E-state index is 13.3. The molecule has 0 spiro atoms. The van der Waals surface area contributed by atoms with Crippen molar-refractivity contribution in [2.24, 2.45) is 20.0 Å². The number of imidazole rings is 1. The molecule has 30 heavy (non-hydrogen) atoms. The van der Waals surface area contributed by atoms with Gasteiger partial charge in [0.25, 0.3) is 15.6 Å². The van der Waals surface area contributed by atoms with Crippen molar-refractivity contribution in [1.82, 2.24) is 28.2 Å². The molecule has 10 heteroatoms. The third-order valence-corrected chi connectivity index (χ3v) is 8.08. The second-order valence-electron chi connectivity index (χ2n) is 8.32. The first-order chi connectivity index (χ1) is 14.3. The van der Waals surface area contributed by atoms with Crippen LogP contribution in [0.2, 0.25) is 0 Å². The maximum Gasteiger partial charge on any atom is 0.261 e. The summed E-state index contributed by atoms with van der Waals surface area (Å²) in [6.07, 6.45) is 4.38. The van der Waals surface area contributed by atoms with E-state index in [0.29, 0.717) is 36.7 Å². The number of aryl methyl sites for hydroxylation is 3. The van der Waals surface area contributed by atoms with Gasteiger partial charge >= 0.3 is 0 Å². The molecule has 2 atom stereocenters. The third-order valence-electron chi connectivity index (χ3n) is 6.20. The van der Waals surface area contributed by atoms with Crippen molar-refractivity contribution in [3.63, 3.8) is 0 Å². The molecule has 5 rings (SSSR count). The molecule has 0 unspecified atom stereocenters. The molecule has 0 amide bonds. The van der Waals surface area contributed by atoms with Gasteiger partial charge in [-0.05, 0) is 37.5 Å². The van der Waals surface area contributed by atoms with E-state index in [1.807, 2.05) is 34.5 Å². The smallest absolute Gasteiger partial charge is 0.261 e. The Bertz CT molecular complexity index is 1300. The first kappa shape index (κ1) is 19.3. The molecule has 0 N–H and O–H groups in total. The quantitative estimate of drug-likeness (QED) is 0.623. The van der Waals surface area contributed by atoms with Crippen molar-refractivity contribution < 1.29 is 8.42 Å². The topological polar surface area (TPSA) is 95.0 Å². The first-order valence-electron chi connectivity index (χ1n) is 9.98. The van der Waals surface area contributed by atoms with E-state index in [4.69, 9.17) is 0 Å². The van der Waals surface area contributed by atoms with Crippen LogP contribution in [0.1, 0.15) is 23.7 Å². The average molecular weight is 429 g/mol. The fourth-order valence-corrected chi connectivity index (χ4v) is 6.60. The Morgan fingerprint density at radius 3 is 2.60 bits per heavy atom. The Morgan fingerprint density at radius 2 is 1.93 bits per heavy atom. The highest BCUT2D eigenvalue weighted by atomic mass is 32.2. The number of piperidine rings is 1. The van der Waals surface area contributed by atoms with Gasteiger partial charge in [-0.25, -0.2) is 13.4 Å². The molecule has 3 aromatic rings. The van der Waals surface area contributed by atoms with Crippen LogP contribution in [0.4, 0.5) is 0 Å². The Morgan fingerprint density at radius 1 is 1.13 bits per heavy atom. The highest BCUT2D eigenvalue weighted by Crippen LogP contribution is 2.37. The summed E-state index contributed by atoms with van der Waals surface area (Å²) in [5.74, 6) is 0.723. The van der Waals surface area contributed by atoms with Crippen LogP contribution in [0.15, 0.2) is 40.4 Å². The molecule has 1 fully saturated rings. The van der Waals surface area contributed by atoms with Crippen LogP contribution < -0.4 is 5.56 Å². The van der Waals surface area contributed by atoms with E-state index in [0.717, 1.165) is 12.1 Å². The molecule has 2 bridgehead atoms. The predicted octanol–water partition coefficient (Wildman–Crippen LogP) is 1.10. The van der Waals surface area contributed by atoms with Gasteiger partial charge in [-0.1, -0.05) is 0 Å². The summed E-state index contributed by atoms with van der Waals surface area (Å²) in [7, 11) is -0.127. The normalized spacial score (nSPS) is 21.6. The third kappa shape index (κ3) is 2.85. The summed E-state index contributed by atoms with van der Waals surface area (Å²) in [5.41, 5.74) is 2.08. The van der Waals surface area contributed by atoms with Gasteiger partial charge in [0.15, 0.2) is 5.03 Å². The van der Waals surface area contributed by atoms with E-state index < -0.39 is 10.0 Å². The average Bonchev–Trinajstić information content (AvgIpc) is 3.27. The van der Waals surface area contributed by atoms with Crippen molar-refractivity contribution in [3.05, 3.63) is 52.3 Å². The van der Waals surface area contributed by atoms with Gasteiger partial charge in [-0.2, -0.15) is 9.40 Å². The standard InChI is InChI=1S/C20H24N6O3S/c1-13-8-18(24(3)22-13)30(28,29)25-10-14-9-15(12-25)17-5-4-16(20(27)26(17)11-14)19-21-6-7-23(19)2/h4-8,14-15H,9-12H2,1-3H3/t14-,15+/m0/s1. The fourth-order valence-electron chi connectivity index (χ4n) is 4.85. The van der Waals surface area contributed by atoms with E-state index >= 15 is 0 Å². The molecule has 9 nitrogen and oxygen atoms in total. The molecule has 2 aliphatic heterocycles. The van der Waals surface area contributed by atoms with Gasteiger partial charge in [0, 0.05) is 57.7 Å². The number of aromatic nitrogens is 5. The molecular formula is C20H24N6O3S. The van der Waals surface area contributed by atoms with Crippen LogP contribution in [0.3, 0.4) is 0 Å². The van der Waals surface area contributed by atoms with E-state index in [-0.39, 0.29) is 22.4 Å². The number of hydrogen-bond acceptors (Lipinski definition) is 5. The van der Waals surface area contributed by atoms with Crippen molar-refractivity contribution in [1.29, 1.82) is 0 Å². The zero-order chi connectivity index (χ0) is 21.2. The monoisotopic (exact) mass is 428 g/mol. The number of nitrogens with zero attached hydrogens (tertiary/aromatic N) is 6. The van der Waals surface area contributed by atoms with Crippen LogP contribution in [0.25, 0.3) is 11.4 Å². The minimum atomic E-state index is -3.64. The number of sulfonamides is 1. The summed E-state index contributed by atoms with van der Waals surface area (Å²) < 4.78 is 33.2. The number of rotatable bonds is 3. The van der Waals surface area contributed by atoms with Gasteiger partial charge in [-0.15, -0.1) is 0 Å². The van der Waals surface area contributed by atoms with Gasteiger partial charge < -0.3 is 9.13 Å². The highest BCUT2D eigenvalue weighted by Gasteiger charge is 2.40. The van der Waals surface area contributed by atoms with Crippen LogP contribution >= 0.6 is 0 Å². The van der Waals surface area contributed by atoms with E-state index in [2.05, 4.69) is 10.1 Å². The first-order valence-corrected chi connectivity index (χ1v) is 11.4. The van der Waals surface area contributed by atoms with Gasteiger partial charge in [0.1, 0.15) is 5.82 Å². The van der Waals surface area contributed by atoms with Crippen molar-refractivity contribution in [2.45, 2.75) is 30.8 Å². The van der Waals surface area contributed by atoms with E-state index in [1.165, 1.54) is 4.68 Å². The Hall–Kier alpha value is -2.72. The number of pyridine rings is 1. The largest absolute Gasteiger partial charge is 0.334 e. The fraction of sp³-hybridized carbons (Fsp3) is 0.450. The lowest BCUT2D eigenvalue weighted by Crippen LogP contribution is -2.49. The molecule has 3 aromatic heterocycles. The van der Waals surface area contributed by atoms with Crippen molar-refractivity contribution >= 4 is 10.0 Å². The molecule has 1 saturated heterocycles. The summed E-state index contributed by atoms with van der Waals surface area (Å²) in [6, 6.07) is 5.38. The minimum absolute atomic E-state index is 0.00952. The van der Waals surface area contributed by atoms with E-state index in [9.17, 15) is 13.2 Å². The van der Waals surface area contributed by atoms with Crippen LogP contribution in [-0.4, -0.2) is 49.7 Å². The van der Waals surface area contributed by atoms with Crippen LogP contribution in [0.5, 0.6) is 0 Å². The van der Waals surface area contributed by atoms with Crippen LogP contribution in [-0.2, 0) is 30.7 Å². The second kappa shape index (κ2) is 6.64. The van der Waals surface area contributed by atoms with Gasteiger partial charge in [0.2, 0.25) is 0 Å². The van der Waals surface area contributed by atoms with Crippen molar-refractivity contribution in [2.75, 3.05) is 13.1 Å². The predicted molar refractivity (Wildman–Crippen MR) is 110 cm³/mol. The molecule has 2 aliphatic rings. The van der Waals surface area contributed by atoms with E-state index in [1.54, 1.807) is 30.5 Å². The van der Waals surface area contributed by atoms with Crippen molar-refractivity contribution in [3.8, 4) is 11.4 Å². The molecule has 0 saturated carbocycles. The zero-order valence-corrected chi connectivity index (χ0v) is 18.0. The number of hydrogen-bond donors (Lipinski definition) is 0. The lowest BCUT2D eigenvalue weighted by Gasteiger charge is -2.42. The molecule has 5 heterocycles. The Labute approximate surface area is 174 Å². The summed E-state index contributed by atoms with van der Waals surface area (Å²) in [4.78, 5) is 17.5. The summed E-state index contributed by atoms with van der Waals surface area (Å²) in [6.45, 7) is 3.07. The Kier molecular flexibility index (Phi) is 4.26. The molecule has 0 radical (unpaired) electrons. The lowest BCUT2D eigenvalue weighted by molar-refractivity contribution is 0.186.